The Morgan fingerprint density at radius 2 is 1.50 bits per heavy atom. The molecule has 152 valence electrons. The molecule has 0 aromatic heterocycles. The van der Waals surface area contributed by atoms with Crippen molar-refractivity contribution in [3.8, 4) is 5.75 Å². The third-order valence-corrected chi connectivity index (χ3v) is 4.51. The van der Waals surface area contributed by atoms with Crippen molar-refractivity contribution in [2.45, 2.75) is 13.0 Å². The molecule has 3 rings (SSSR count). The first-order chi connectivity index (χ1) is 14.4. The van der Waals surface area contributed by atoms with E-state index in [1.54, 1.807) is 42.5 Å². The van der Waals surface area contributed by atoms with E-state index in [2.05, 4.69) is 10.6 Å². The molecule has 1 atom stereocenters. The van der Waals surface area contributed by atoms with Crippen molar-refractivity contribution in [1.82, 2.24) is 5.32 Å². The second-order valence-corrected chi connectivity index (χ2v) is 6.84. The molecule has 0 saturated carbocycles. The maximum absolute atomic E-state index is 12.1. The first kappa shape index (κ1) is 21.1. The molecule has 7 heteroatoms. The number of ether oxygens (including phenoxy) is 1. The molecule has 0 aliphatic rings. The van der Waals surface area contributed by atoms with Gasteiger partial charge >= 0.3 is 6.03 Å². The number of urea groups is 1. The summed E-state index contributed by atoms with van der Waals surface area (Å²) < 4.78 is 5.81. The van der Waals surface area contributed by atoms with Crippen molar-refractivity contribution in [3.63, 3.8) is 0 Å². The molecule has 0 radical (unpaired) electrons. The molecule has 0 bridgehead atoms. The molecular weight excluding hydrogens is 404 g/mol. The molecule has 3 amide bonds. The van der Waals surface area contributed by atoms with Gasteiger partial charge in [0.05, 0.1) is 10.6 Å². The van der Waals surface area contributed by atoms with Crippen LogP contribution in [0.3, 0.4) is 0 Å². The Labute approximate surface area is 178 Å². The van der Waals surface area contributed by atoms with Crippen LogP contribution >= 0.6 is 11.6 Å². The minimum Gasteiger partial charge on any atom is -0.478 e. The van der Waals surface area contributed by atoms with Gasteiger partial charge in [0.2, 0.25) is 0 Å². The van der Waals surface area contributed by atoms with Gasteiger partial charge in [-0.25, -0.2) is 4.79 Å². The lowest BCUT2D eigenvalue weighted by molar-refractivity contribution is -0.123. The van der Waals surface area contributed by atoms with E-state index in [1.807, 2.05) is 30.3 Å². The third kappa shape index (κ3) is 5.46. The Kier molecular flexibility index (Phi) is 6.83. The van der Waals surface area contributed by atoms with Crippen LogP contribution in [0.15, 0.2) is 78.9 Å². The number of hydrogen-bond acceptors (Lipinski definition) is 4. The third-order valence-electron chi connectivity index (χ3n) is 4.18. The molecule has 0 spiro atoms. The van der Waals surface area contributed by atoms with E-state index in [0.717, 1.165) is 5.56 Å². The monoisotopic (exact) mass is 422 g/mol. The number of amides is 3. The molecule has 6 nitrogen and oxygen atoms in total. The SMILES string of the molecule is CC(=O)C(Oc1ccc(NC(=O)NC(=O)c2ccccc2Cl)cc1)c1ccccc1. The number of Topliss-reactive ketones (excluding diaryl/α,β-unsaturated/α-hetero) is 1. The van der Waals surface area contributed by atoms with Crippen LogP contribution in [-0.2, 0) is 4.79 Å². The molecule has 30 heavy (non-hydrogen) atoms. The molecular formula is C23H19ClN2O4. The highest BCUT2D eigenvalue weighted by atomic mass is 35.5. The number of halogens is 1. The van der Waals surface area contributed by atoms with Gasteiger partial charge in [-0.1, -0.05) is 54.1 Å². The molecule has 0 saturated heterocycles. The maximum atomic E-state index is 12.1. The van der Waals surface area contributed by atoms with Crippen LogP contribution < -0.4 is 15.4 Å². The van der Waals surface area contributed by atoms with E-state index in [-0.39, 0.29) is 16.4 Å². The highest BCUT2D eigenvalue weighted by Crippen LogP contribution is 2.24. The largest absolute Gasteiger partial charge is 0.478 e. The van der Waals surface area contributed by atoms with Gasteiger partial charge in [0.1, 0.15) is 5.75 Å². The zero-order chi connectivity index (χ0) is 21.5. The predicted molar refractivity (Wildman–Crippen MR) is 115 cm³/mol. The van der Waals surface area contributed by atoms with Crippen LogP contribution in [0.2, 0.25) is 5.02 Å². The number of ketones is 1. The molecule has 1 unspecified atom stereocenters. The van der Waals surface area contributed by atoms with Gasteiger partial charge in [0.15, 0.2) is 11.9 Å². The van der Waals surface area contributed by atoms with Crippen LogP contribution in [-0.4, -0.2) is 17.7 Å². The Hall–Kier alpha value is -3.64. The number of carbonyl (C=O) groups is 3. The summed E-state index contributed by atoms with van der Waals surface area (Å²) in [5.74, 6) is -0.261. The average Bonchev–Trinajstić information content (AvgIpc) is 2.73. The fraction of sp³-hybridized carbons (Fsp3) is 0.0870. The standard InChI is InChI=1S/C23H19ClN2O4/c1-15(27)21(16-7-3-2-4-8-16)30-18-13-11-17(12-14-18)25-23(29)26-22(28)19-9-5-6-10-20(19)24/h2-14,21H,1H3,(H2,25,26,28,29). The van der Waals surface area contributed by atoms with Gasteiger partial charge in [-0.2, -0.15) is 0 Å². The first-order valence-corrected chi connectivity index (χ1v) is 9.51. The summed E-state index contributed by atoms with van der Waals surface area (Å²) in [4.78, 5) is 36.2. The summed E-state index contributed by atoms with van der Waals surface area (Å²) in [5, 5.41) is 5.03. The summed E-state index contributed by atoms with van der Waals surface area (Å²) in [6.45, 7) is 1.47. The Bertz CT molecular complexity index is 1050. The van der Waals surface area contributed by atoms with Gasteiger partial charge < -0.3 is 10.1 Å². The molecule has 0 aliphatic heterocycles. The number of nitrogens with one attached hydrogen (secondary N) is 2. The number of benzene rings is 3. The highest BCUT2D eigenvalue weighted by Gasteiger charge is 2.18. The normalized spacial score (nSPS) is 11.3. The second kappa shape index (κ2) is 9.71. The van der Waals surface area contributed by atoms with Crippen LogP contribution in [0.25, 0.3) is 0 Å². The number of carbonyl (C=O) groups excluding carboxylic acids is 3. The quantitative estimate of drug-likeness (QED) is 0.584. The summed E-state index contributed by atoms with van der Waals surface area (Å²) in [7, 11) is 0. The lowest BCUT2D eigenvalue weighted by Crippen LogP contribution is -2.34. The minimum absolute atomic E-state index is 0.124. The molecule has 0 aliphatic carbocycles. The summed E-state index contributed by atoms with van der Waals surface area (Å²) in [5.41, 5.74) is 1.41. The van der Waals surface area contributed by atoms with E-state index in [1.165, 1.54) is 13.0 Å². The van der Waals surface area contributed by atoms with Crippen molar-refractivity contribution in [1.29, 1.82) is 0 Å². The van der Waals surface area contributed by atoms with Crippen LogP contribution in [0.1, 0.15) is 28.9 Å². The number of anilines is 1. The van der Waals surface area contributed by atoms with E-state index < -0.39 is 18.0 Å². The van der Waals surface area contributed by atoms with E-state index in [0.29, 0.717) is 11.4 Å². The first-order valence-electron chi connectivity index (χ1n) is 9.13. The van der Waals surface area contributed by atoms with Gasteiger partial charge in [-0.05, 0) is 48.9 Å². The molecule has 2 N–H and O–H groups in total. The van der Waals surface area contributed by atoms with Crippen LogP contribution in [0.5, 0.6) is 5.75 Å². The average molecular weight is 423 g/mol. The van der Waals surface area contributed by atoms with Gasteiger partial charge in [-0.15, -0.1) is 0 Å². The van der Waals surface area contributed by atoms with Gasteiger partial charge in [-0.3, -0.25) is 14.9 Å². The van der Waals surface area contributed by atoms with Crippen molar-refractivity contribution < 1.29 is 19.1 Å². The van der Waals surface area contributed by atoms with Crippen molar-refractivity contribution in [2.75, 3.05) is 5.32 Å². The van der Waals surface area contributed by atoms with E-state index in [4.69, 9.17) is 16.3 Å². The zero-order valence-corrected chi connectivity index (χ0v) is 16.8. The Morgan fingerprint density at radius 1 is 0.867 bits per heavy atom. The Balaban J connectivity index is 1.61. The van der Waals surface area contributed by atoms with Crippen molar-refractivity contribution >= 4 is 35.0 Å². The fourth-order valence-electron chi connectivity index (χ4n) is 2.74. The second-order valence-electron chi connectivity index (χ2n) is 6.43. The van der Waals surface area contributed by atoms with Crippen molar-refractivity contribution in [2.24, 2.45) is 0 Å². The van der Waals surface area contributed by atoms with E-state index in [9.17, 15) is 14.4 Å². The zero-order valence-electron chi connectivity index (χ0n) is 16.1. The lowest BCUT2D eigenvalue weighted by atomic mass is 10.1. The van der Waals surface area contributed by atoms with Crippen LogP contribution in [0.4, 0.5) is 10.5 Å². The molecule has 0 heterocycles. The van der Waals surface area contributed by atoms with Gasteiger partial charge in [0, 0.05) is 5.69 Å². The Morgan fingerprint density at radius 3 is 2.13 bits per heavy atom. The maximum Gasteiger partial charge on any atom is 0.326 e. The molecule has 0 fully saturated rings. The van der Waals surface area contributed by atoms with Crippen molar-refractivity contribution in [3.05, 3.63) is 95.0 Å². The highest BCUT2D eigenvalue weighted by molar-refractivity contribution is 6.34. The minimum atomic E-state index is -0.721. The summed E-state index contributed by atoms with van der Waals surface area (Å²) >= 11 is 5.96. The molecule has 3 aromatic rings. The molecule has 3 aromatic carbocycles. The van der Waals surface area contributed by atoms with Gasteiger partial charge in [0.25, 0.3) is 5.91 Å². The predicted octanol–water partition coefficient (Wildman–Crippen LogP) is 5.01. The number of rotatable bonds is 6. The lowest BCUT2D eigenvalue weighted by Gasteiger charge is -2.17. The number of imide groups is 1. The van der Waals surface area contributed by atoms with Crippen LogP contribution in [0, 0.1) is 0 Å². The topological polar surface area (TPSA) is 84.5 Å². The van der Waals surface area contributed by atoms with E-state index >= 15 is 0 Å². The smallest absolute Gasteiger partial charge is 0.326 e. The summed E-state index contributed by atoms with van der Waals surface area (Å²) in [6.07, 6.45) is -0.721. The summed E-state index contributed by atoms with van der Waals surface area (Å²) in [6, 6.07) is 21.4. The fourth-order valence-corrected chi connectivity index (χ4v) is 2.97. The number of hydrogen-bond donors (Lipinski definition) is 2.